The lowest BCUT2D eigenvalue weighted by Gasteiger charge is -2.25. The lowest BCUT2D eigenvalue weighted by molar-refractivity contribution is -0.141. The summed E-state index contributed by atoms with van der Waals surface area (Å²) in [7, 11) is -0.00799. The van der Waals surface area contributed by atoms with Crippen molar-refractivity contribution in [2.45, 2.75) is 25.3 Å². The standard InChI is InChI=1S/C12H22N2O5S/c1-12(5-7-20(17,18)9-12)13-10(15)8-14(2)6-4-11(16)19-3/h4-9H2,1-3H3,(H,13,15). The summed E-state index contributed by atoms with van der Waals surface area (Å²) in [6, 6.07) is 0. The van der Waals surface area contributed by atoms with Crippen LogP contribution >= 0.6 is 0 Å². The molecule has 0 aliphatic carbocycles. The summed E-state index contributed by atoms with van der Waals surface area (Å²) in [6.45, 7) is 2.27. The largest absolute Gasteiger partial charge is 0.469 e. The van der Waals surface area contributed by atoms with Gasteiger partial charge in [-0.1, -0.05) is 0 Å². The third-order valence-corrected chi connectivity index (χ3v) is 5.19. The highest BCUT2D eigenvalue weighted by molar-refractivity contribution is 7.91. The first-order valence-corrected chi connectivity index (χ1v) is 8.25. The van der Waals surface area contributed by atoms with Crippen molar-refractivity contribution < 1.29 is 22.7 Å². The van der Waals surface area contributed by atoms with Crippen LogP contribution in [0.5, 0.6) is 0 Å². The molecule has 0 bridgehead atoms. The Kier molecular flexibility index (Phi) is 5.52. The van der Waals surface area contributed by atoms with E-state index < -0.39 is 15.4 Å². The number of esters is 1. The second-order valence-electron chi connectivity index (χ2n) is 5.51. The molecule has 1 saturated heterocycles. The lowest BCUT2D eigenvalue weighted by Crippen LogP contribution is -2.50. The van der Waals surface area contributed by atoms with Gasteiger partial charge in [0.15, 0.2) is 9.84 Å². The van der Waals surface area contributed by atoms with Crippen molar-refractivity contribution in [1.29, 1.82) is 0 Å². The minimum atomic E-state index is -3.04. The van der Waals surface area contributed by atoms with Crippen molar-refractivity contribution in [1.82, 2.24) is 10.2 Å². The summed E-state index contributed by atoms with van der Waals surface area (Å²) in [5, 5.41) is 2.77. The van der Waals surface area contributed by atoms with Crippen LogP contribution in [0, 0.1) is 0 Å². The third-order valence-electron chi connectivity index (χ3n) is 3.28. The van der Waals surface area contributed by atoms with Gasteiger partial charge in [-0.05, 0) is 20.4 Å². The van der Waals surface area contributed by atoms with Gasteiger partial charge >= 0.3 is 5.97 Å². The number of hydrogen-bond donors (Lipinski definition) is 1. The molecule has 1 aliphatic heterocycles. The zero-order valence-corrected chi connectivity index (χ0v) is 13.0. The number of nitrogens with zero attached hydrogens (tertiary/aromatic N) is 1. The highest BCUT2D eigenvalue weighted by Gasteiger charge is 2.39. The van der Waals surface area contributed by atoms with Crippen molar-refractivity contribution in [2.24, 2.45) is 0 Å². The van der Waals surface area contributed by atoms with Crippen molar-refractivity contribution >= 4 is 21.7 Å². The molecule has 1 atom stereocenters. The van der Waals surface area contributed by atoms with Crippen LogP contribution < -0.4 is 5.32 Å². The fourth-order valence-electron chi connectivity index (χ4n) is 2.19. The van der Waals surface area contributed by atoms with Crippen LogP contribution in [0.3, 0.4) is 0 Å². The van der Waals surface area contributed by atoms with Crippen LogP contribution in [0.15, 0.2) is 0 Å². The van der Waals surface area contributed by atoms with Crippen molar-refractivity contribution in [3.8, 4) is 0 Å². The molecule has 1 aliphatic rings. The van der Waals surface area contributed by atoms with Gasteiger partial charge in [-0.2, -0.15) is 0 Å². The number of sulfone groups is 1. The van der Waals surface area contributed by atoms with Gasteiger partial charge in [0.1, 0.15) is 0 Å². The third kappa shape index (κ3) is 5.46. The molecule has 1 rings (SSSR count). The first-order valence-electron chi connectivity index (χ1n) is 6.43. The van der Waals surface area contributed by atoms with Crippen molar-refractivity contribution in [3.63, 3.8) is 0 Å². The number of rotatable bonds is 6. The number of carbonyl (C=O) groups excluding carboxylic acids is 2. The van der Waals surface area contributed by atoms with Crippen molar-refractivity contribution in [2.75, 3.05) is 38.8 Å². The summed E-state index contributed by atoms with van der Waals surface area (Å²) in [5.41, 5.74) is -0.681. The van der Waals surface area contributed by atoms with Gasteiger partial charge in [-0.3, -0.25) is 14.5 Å². The predicted octanol–water partition coefficient (Wildman–Crippen LogP) is -0.825. The van der Waals surface area contributed by atoms with E-state index >= 15 is 0 Å². The van der Waals surface area contributed by atoms with Crippen LogP contribution in [0.4, 0.5) is 0 Å². The SMILES string of the molecule is COC(=O)CCN(C)CC(=O)NC1(C)CCS(=O)(=O)C1. The van der Waals surface area contributed by atoms with E-state index in [2.05, 4.69) is 10.1 Å². The average molecular weight is 306 g/mol. The maximum Gasteiger partial charge on any atom is 0.306 e. The lowest BCUT2D eigenvalue weighted by atomic mass is 10.0. The summed E-state index contributed by atoms with van der Waals surface area (Å²) in [4.78, 5) is 24.6. The first-order chi connectivity index (χ1) is 9.16. The van der Waals surface area contributed by atoms with Crippen LogP contribution in [0.1, 0.15) is 19.8 Å². The quantitative estimate of drug-likeness (QED) is 0.644. The van der Waals surface area contributed by atoms with Crippen LogP contribution in [0.25, 0.3) is 0 Å². The molecule has 0 aromatic carbocycles. The topological polar surface area (TPSA) is 92.8 Å². The molecule has 0 spiro atoms. The Morgan fingerprint density at radius 3 is 2.55 bits per heavy atom. The van der Waals surface area contributed by atoms with Crippen LogP contribution in [-0.2, 0) is 24.2 Å². The molecule has 1 fully saturated rings. The van der Waals surface area contributed by atoms with Gasteiger partial charge in [0.25, 0.3) is 0 Å². The summed E-state index contributed by atoms with van der Waals surface area (Å²) in [6.07, 6.45) is 0.652. The Bertz CT molecular complexity index is 476. The Labute approximate surface area is 119 Å². The Morgan fingerprint density at radius 1 is 1.40 bits per heavy atom. The summed E-state index contributed by atoms with van der Waals surface area (Å²) < 4.78 is 27.4. The van der Waals surface area contributed by atoms with E-state index in [1.165, 1.54) is 7.11 Å². The zero-order chi connectivity index (χ0) is 15.4. The van der Waals surface area contributed by atoms with E-state index in [-0.39, 0.29) is 36.3 Å². The molecule has 1 amide bonds. The van der Waals surface area contributed by atoms with Crippen molar-refractivity contribution in [3.05, 3.63) is 0 Å². The maximum absolute atomic E-state index is 11.9. The zero-order valence-electron chi connectivity index (χ0n) is 12.1. The molecule has 0 saturated carbocycles. The monoisotopic (exact) mass is 306 g/mol. The number of ether oxygens (including phenoxy) is 1. The van der Waals surface area contributed by atoms with Crippen LogP contribution in [0.2, 0.25) is 0 Å². The number of hydrogen-bond acceptors (Lipinski definition) is 6. The fraction of sp³-hybridized carbons (Fsp3) is 0.833. The molecule has 0 aromatic heterocycles. The Hall–Kier alpha value is -1.15. The maximum atomic E-state index is 11.9. The summed E-state index contributed by atoms with van der Waals surface area (Å²) in [5.74, 6) is -0.470. The van der Waals surface area contributed by atoms with Gasteiger partial charge in [-0.25, -0.2) is 8.42 Å². The molecule has 0 radical (unpaired) electrons. The van der Waals surface area contributed by atoms with E-state index in [0.29, 0.717) is 13.0 Å². The molecule has 7 nitrogen and oxygen atoms in total. The minimum absolute atomic E-state index is 0.0163. The Balaban J connectivity index is 2.38. The first kappa shape index (κ1) is 16.9. The number of methoxy groups -OCH3 is 1. The number of likely N-dealkylation sites (N-methyl/N-ethyl adjacent to an activating group) is 1. The van der Waals surface area contributed by atoms with E-state index in [9.17, 15) is 18.0 Å². The number of amides is 1. The fourth-order valence-corrected chi connectivity index (χ4v) is 4.29. The molecule has 20 heavy (non-hydrogen) atoms. The Morgan fingerprint density at radius 2 is 2.05 bits per heavy atom. The van der Waals surface area contributed by atoms with Gasteiger partial charge in [-0.15, -0.1) is 0 Å². The van der Waals surface area contributed by atoms with E-state index in [1.54, 1.807) is 18.9 Å². The number of carbonyl (C=O) groups is 2. The predicted molar refractivity (Wildman–Crippen MR) is 73.9 cm³/mol. The smallest absolute Gasteiger partial charge is 0.306 e. The molecule has 116 valence electrons. The normalized spacial score (nSPS) is 24.6. The molecular formula is C12H22N2O5S. The second-order valence-corrected chi connectivity index (χ2v) is 7.70. The van der Waals surface area contributed by atoms with Gasteiger partial charge in [0.05, 0.1) is 37.1 Å². The molecule has 1 heterocycles. The second kappa shape index (κ2) is 6.53. The van der Waals surface area contributed by atoms with E-state index in [0.717, 1.165) is 0 Å². The number of nitrogens with one attached hydrogen (secondary N) is 1. The highest BCUT2D eigenvalue weighted by Crippen LogP contribution is 2.22. The van der Waals surface area contributed by atoms with Gasteiger partial charge < -0.3 is 10.1 Å². The van der Waals surface area contributed by atoms with E-state index in [4.69, 9.17) is 0 Å². The van der Waals surface area contributed by atoms with E-state index in [1.807, 2.05) is 0 Å². The molecule has 8 heteroatoms. The molecule has 1 N–H and O–H groups in total. The van der Waals surface area contributed by atoms with Gasteiger partial charge in [0.2, 0.25) is 5.91 Å². The summed E-state index contributed by atoms with van der Waals surface area (Å²) >= 11 is 0. The minimum Gasteiger partial charge on any atom is -0.469 e. The molecule has 0 aromatic rings. The van der Waals surface area contributed by atoms with Crippen LogP contribution in [-0.4, -0.2) is 69.5 Å². The van der Waals surface area contributed by atoms with Gasteiger partial charge in [0, 0.05) is 6.54 Å². The highest BCUT2D eigenvalue weighted by atomic mass is 32.2. The molecule has 1 unspecified atom stereocenters. The average Bonchev–Trinajstić information content (AvgIpc) is 2.59. The molecular weight excluding hydrogens is 284 g/mol.